The van der Waals surface area contributed by atoms with E-state index in [2.05, 4.69) is 98.8 Å². The van der Waals surface area contributed by atoms with Crippen molar-refractivity contribution in [2.45, 2.75) is 93.4 Å². The van der Waals surface area contributed by atoms with Crippen LogP contribution >= 0.6 is 11.3 Å². The predicted molar refractivity (Wildman–Crippen MR) is 200 cm³/mol. The fourth-order valence-electron chi connectivity index (χ4n) is 5.73. The number of thiophene rings is 1. The number of benzene rings is 2. The van der Waals surface area contributed by atoms with Crippen molar-refractivity contribution in [1.29, 1.82) is 0 Å². The second-order valence-electron chi connectivity index (χ2n) is 14.1. The van der Waals surface area contributed by atoms with E-state index >= 15 is 0 Å². The Balaban J connectivity index is 0.000000301. The maximum Gasteiger partial charge on any atom is 0.164 e. The number of pyridine rings is 2. The molecule has 0 saturated carbocycles. The molecular weight excluding hydrogens is 789 g/mol. The number of aliphatic hydroxyl groups excluding tert-OH is 1. The van der Waals surface area contributed by atoms with Crippen LogP contribution in [-0.4, -0.2) is 15.9 Å². The first kappa shape index (κ1) is 39.1. The number of aromatic nitrogens is 2. The third-order valence-electron chi connectivity index (χ3n) is 10.2. The van der Waals surface area contributed by atoms with Crippen molar-refractivity contribution in [3.05, 3.63) is 103 Å². The molecule has 0 saturated heterocycles. The van der Waals surface area contributed by atoms with Gasteiger partial charge in [-0.05, 0) is 71.9 Å². The van der Waals surface area contributed by atoms with Crippen molar-refractivity contribution in [2.75, 3.05) is 0 Å². The van der Waals surface area contributed by atoms with Gasteiger partial charge in [-0.1, -0.05) is 91.5 Å². The van der Waals surface area contributed by atoms with Gasteiger partial charge in [0.1, 0.15) is 16.3 Å². The van der Waals surface area contributed by atoms with Crippen LogP contribution in [0, 0.1) is 23.9 Å². The summed E-state index contributed by atoms with van der Waals surface area (Å²) in [6.45, 7) is 18.9. The standard InChI is InChI=1S/C27H23N2S.C15H28O2.Ir/c1-27(2,3)24-16-20(15-18-7-5-6-8-22(18)24)25-17-19(10-13-29(25)4)21-9-12-28-26-23(21)11-14-30-26;1-7-14(5,8-2)12(16)11-13(17)15(6,9-3)10-4;/h5-14,16-17H,4H2,1-3H3;11,16H,7-10H2,1-6H3;/q-1;;/b;12-11-;. The van der Waals surface area contributed by atoms with Gasteiger partial charge in [-0.3, -0.25) is 4.79 Å². The number of ketones is 1. The number of aliphatic hydroxyl groups is 1. The Morgan fingerprint density at radius 3 is 2.19 bits per heavy atom. The van der Waals surface area contributed by atoms with E-state index in [0.717, 1.165) is 52.7 Å². The number of fused-ring (bicyclic) bond motifs is 2. The van der Waals surface area contributed by atoms with Gasteiger partial charge in [-0.25, -0.2) is 4.98 Å². The second kappa shape index (κ2) is 15.9. The van der Waals surface area contributed by atoms with Crippen LogP contribution in [0.1, 0.15) is 93.6 Å². The van der Waals surface area contributed by atoms with Crippen LogP contribution in [-0.2, 0) is 30.3 Å². The van der Waals surface area contributed by atoms with Crippen LogP contribution < -0.4 is 4.57 Å². The van der Waals surface area contributed by atoms with Gasteiger partial charge in [0.25, 0.3) is 0 Å². The molecule has 0 spiro atoms. The maximum atomic E-state index is 12.2. The van der Waals surface area contributed by atoms with Gasteiger partial charge in [0.2, 0.25) is 0 Å². The molecule has 3 aromatic heterocycles. The summed E-state index contributed by atoms with van der Waals surface area (Å²) in [5.74, 6) is 0.286. The fraction of sp³-hybridized carbons (Fsp3) is 0.381. The molecule has 5 aromatic rings. The maximum absolute atomic E-state index is 12.2. The summed E-state index contributed by atoms with van der Waals surface area (Å²) in [5.41, 5.74) is 5.21. The molecule has 48 heavy (non-hydrogen) atoms. The summed E-state index contributed by atoms with van der Waals surface area (Å²) in [6, 6.07) is 23.0. The molecule has 1 N–H and O–H groups in total. The van der Waals surface area contributed by atoms with Crippen molar-refractivity contribution in [1.82, 2.24) is 4.98 Å². The SMILES string of the molecule is CCC(C)(CC)C(=O)/C=C(\O)C(C)(CC)CC.[CH2-][n+]1ccc(-c2ccnc3sccc23)cc1-c1[c-]c2ccccc2c(C(C)(C)C)c1.[Ir]. The van der Waals surface area contributed by atoms with Crippen molar-refractivity contribution in [3.8, 4) is 22.4 Å². The number of carbonyl (C=O) groups is 1. The molecule has 0 aliphatic carbocycles. The van der Waals surface area contributed by atoms with Crippen LogP contribution in [0.3, 0.4) is 0 Å². The monoisotopic (exact) mass is 840 g/mol. The molecule has 5 rings (SSSR count). The van der Waals surface area contributed by atoms with Gasteiger partial charge in [0, 0.05) is 55.6 Å². The van der Waals surface area contributed by atoms with Crippen molar-refractivity contribution >= 4 is 38.1 Å². The topological polar surface area (TPSA) is 54.1 Å². The Morgan fingerprint density at radius 1 is 0.917 bits per heavy atom. The first-order valence-electron chi connectivity index (χ1n) is 16.8. The molecule has 0 amide bonds. The van der Waals surface area contributed by atoms with Crippen LogP contribution in [0.2, 0.25) is 0 Å². The number of hydrogen-bond donors (Lipinski definition) is 1. The van der Waals surface area contributed by atoms with Gasteiger partial charge in [-0.2, -0.15) is 0 Å². The Kier molecular flexibility index (Phi) is 13.0. The molecule has 3 heterocycles. The van der Waals surface area contributed by atoms with E-state index in [1.807, 2.05) is 58.5 Å². The zero-order valence-corrected chi connectivity index (χ0v) is 33.2. The van der Waals surface area contributed by atoms with Gasteiger partial charge in [0.05, 0.1) is 6.20 Å². The molecule has 6 heteroatoms. The van der Waals surface area contributed by atoms with E-state index in [9.17, 15) is 9.90 Å². The van der Waals surface area contributed by atoms with E-state index < -0.39 is 0 Å². The fourth-order valence-corrected chi connectivity index (χ4v) is 6.49. The van der Waals surface area contributed by atoms with Crippen LogP contribution in [0.25, 0.3) is 43.4 Å². The smallest absolute Gasteiger partial charge is 0.164 e. The van der Waals surface area contributed by atoms with Crippen LogP contribution in [0.4, 0.5) is 0 Å². The Morgan fingerprint density at radius 2 is 1.56 bits per heavy atom. The summed E-state index contributed by atoms with van der Waals surface area (Å²) in [6.07, 6.45) is 8.67. The second-order valence-corrected chi connectivity index (χ2v) is 15.0. The van der Waals surface area contributed by atoms with Crippen LogP contribution in [0.5, 0.6) is 0 Å². The molecule has 0 fully saturated rings. The largest absolute Gasteiger partial charge is 0.512 e. The average Bonchev–Trinajstić information content (AvgIpc) is 3.56. The molecule has 257 valence electrons. The van der Waals surface area contributed by atoms with Crippen molar-refractivity contribution in [2.24, 2.45) is 10.8 Å². The van der Waals surface area contributed by atoms with Gasteiger partial charge < -0.3 is 9.67 Å². The number of carbonyl (C=O) groups excluding carboxylic acids is 1. The summed E-state index contributed by atoms with van der Waals surface area (Å²) in [4.78, 5) is 17.7. The molecule has 2 aromatic carbocycles. The minimum absolute atomic E-state index is 0. The molecule has 0 unspecified atom stereocenters. The Labute approximate surface area is 305 Å². The molecule has 1 radical (unpaired) electrons. The number of hydrogen-bond acceptors (Lipinski definition) is 4. The summed E-state index contributed by atoms with van der Waals surface area (Å²) in [7, 11) is 4.24. The normalized spacial score (nSPS) is 12.4. The van der Waals surface area contributed by atoms with Gasteiger partial charge in [-0.15, -0.1) is 40.5 Å². The summed E-state index contributed by atoms with van der Waals surface area (Å²) in [5, 5.41) is 15.8. The zero-order valence-electron chi connectivity index (χ0n) is 30.0. The number of nitrogens with zero attached hydrogens (tertiary/aromatic N) is 2. The minimum atomic E-state index is -0.337. The zero-order chi connectivity index (χ0) is 34.6. The third-order valence-corrected chi connectivity index (χ3v) is 11.0. The number of allylic oxidation sites excluding steroid dienone is 2. The van der Waals surface area contributed by atoms with E-state index in [1.165, 1.54) is 28.0 Å². The summed E-state index contributed by atoms with van der Waals surface area (Å²) < 4.78 is 1.93. The Bertz CT molecular complexity index is 1890. The molecule has 0 atom stereocenters. The number of rotatable bonds is 9. The van der Waals surface area contributed by atoms with Crippen LogP contribution in [0.15, 0.2) is 84.2 Å². The molecule has 0 bridgehead atoms. The van der Waals surface area contributed by atoms with Gasteiger partial charge in [0.15, 0.2) is 5.78 Å². The van der Waals surface area contributed by atoms with E-state index in [1.54, 1.807) is 11.3 Å². The molecule has 4 nitrogen and oxygen atoms in total. The summed E-state index contributed by atoms with van der Waals surface area (Å²) >= 11 is 1.67. The predicted octanol–water partition coefficient (Wildman–Crippen LogP) is 11.5. The van der Waals surface area contributed by atoms with Gasteiger partial charge >= 0.3 is 0 Å². The third kappa shape index (κ3) is 8.27. The first-order valence-corrected chi connectivity index (χ1v) is 17.7. The van der Waals surface area contributed by atoms with Crippen molar-refractivity contribution in [3.63, 3.8) is 0 Å². The minimum Gasteiger partial charge on any atom is -0.512 e. The molecule has 0 aliphatic heterocycles. The first-order chi connectivity index (χ1) is 22.2. The molecular formula is C42H51IrN2O2S-. The average molecular weight is 840 g/mol. The van der Waals surface area contributed by atoms with E-state index in [4.69, 9.17) is 0 Å². The Hall–Kier alpha value is -3.31. The molecule has 0 aliphatic rings. The van der Waals surface area contributed by atoms with E-state index in [-0.39, 0.29) is 47.9 Å². The quantitative estimate of drug-likeness (QED) is 0.0696. The van der Waals surface area contributed by atoms with E-state index in [0.29, 0.717) is 0 Å². The van der Waals surface area contributed by atoms with Crippen molar-refractivity contribution < 1.29 is 34.6 Å².